The summed E-state index contributed by atoms with van der Waals surface area (Å²) in [5, 5.41) is 0. The van der Waals surface area contributed by atoms with E-state index in [1.54, 1.807) is 12.0 Å². The molecule has 0 aliphatic heterocycles. The van der Waals surface area contributed by atoms with Crippen LogP contribution in [-0.2, 0) is 11.3 Å². The zero-order chi connectivity index (χ0) is 14.3. The molecule has 5 heteroatoms. The second-order valence-corrected chi connectivity index (χ2v) is 4.76. The van der Waals surface area contributed by atoms with E-state index >= 15 is 0 Å². The van der Waals surface area contributed by atoms with Gasteiger partial charge in [0, 0.05) is 25.9 Å². The normalized spacial score (nSPS) is 10.0. The van der Waals surface area contributed by atoms with Gasteiger partial charge >= 0.3 is 0 Å². The lowest BCUT2D eigenvalue weighted by Gasteiger charge is -2.22. The molecule has 0 aliphatic carbocycles. The van der Waals surface area contributed by atoms with Crippen LogP contribution in [0.5, 0.6) is 5.75 Å². The minimum Gasteiger partial charge on any atom is -0.497 e. The van der Waals surface area contributed by atoms with Gasteiger partial charge in [-0.25, -0.2) is 0 Å². The molecule has 0 unspecified atom stereocenters. The molecule has 1 rings (SSSR count). The van der Waals surface area contributed by atoms with Crippen LogP contribution in [-0.4, -0.2) is 29.5 Å². The molecule has 0 atom stereocenters. The quantitative estimate of drug-likeness (QED) is 0.777. The Bertz CT molecular complexity index is 432. The van der Waals surface area contributed by atoms with Crippen LogP contribution >= 0.6 is 12.2 Å². The molecule has 0 spiro atoms. The minimum atomic E-state index is 0.104. The SMILES string of the molecule is CCC(=O)N(CCC(N)=S)Cc1ccc(OC)cc1. The Morgan fingerprint density at radius 3 is 2.47 bits per heavy atom. The molecule has 1 aromatic rings. The lowest BCUT2D eigenvalue weighted by molar-refractivity contribution is -0.131. The number of rotatable bonds is 7. The summed E-state index contributed by atoms with van der Waals surface area (Å²) in [4.78, 5) is 14.1. The fourth-order valence-electron chi connectivity index (χ4n) is 1.71. The Morgan fingerprint density at radius 2 is 2.00 bits per heavy atom. The maximum Gasteiger partial charge on any atom is 0.222 e. The molecule has 0 saturated carbocycles. The summed E-state index contributed by atoms with van der Waals surface area (Å²) in [6.45, 7) is 2.98. The molecule has 19 heavy (non-hydrogen) atoms. The predicted octanol–water partition coefficient (Wildman–Crippen LogP) is 2.11. The van der Waals surface area contributed by atoms with Crippen molar-refractivity contribution in [3.05, 3.63) is 29.8 Å². The van der Waals surface area contributed by atoms with Crippen LogP contribution in [0.25, 0.3) is 0 Å². The van der Waals surface area contributed by atoms with E-state index in [9.17, 15) is 4.79 Å². The van der Waals surface area contributed by atoms with E-state index < -0.39 is 0 Å². The van der Waals surface area contributed by atoms with Crippen molar-refractivity contribution in [3.8, 4) is 5.75 Å². The fourth-order valence-corrected chi connectivity index (χ4v) is 1.80. The number of hydrogen-bond acceptors (Lipinski definition) is 3. The first-order chi connectivity index (χ1) is 9.06. The minimum absolute atomic E-state index is 0.104. The van der Waals surface area contributed by atoms with Crippen LogP contribution < -0.4 is 10.5 Å². The molecule has 0 heterocycles. The first kappa shape index (κ1) is 15.4. The van der Waals surface area contributed by atoms with Crippen molar-refractivity contribution in [3.63, 3.8) is 0 Å². The van der Waals surface area contributed by atoms with Gasteiger partial charge in [0.05, 0.1) is 12.1 Å². The van der Waals surface area contributed by atoms with E-state index in [0.29, 0.717) is 30.9 Å². The molecule has 0 radical (unpaired) electrons. The Hall–Kier alpha value is -1.62. The van der Waals surface area contributed by atoms with E-state index in [1.165, 1.54) is 0 Å². The van der Waals surface area contributed by atoms with E-state index in [-0.39, 0.29) is 5.91 Å². The van der Waals surface area contributed by atoms with Gasteiger partial charge in [-0.2, -0.15) is 0 Å². The summed E-state index contributed by atoms with van der Waals surface area (Å²) in [5.74, 6) is 0.910. The monoisotopic (exact) mass is 280 g/mol. The first-order valence-electron chi connectivity index (χ1n) is 6.25. The lowest BCUT2D eigenvalue weighted by Crippen LogP contribution is -2.32. The highest BCUT2D eigenvalue weighted by atomic mass is 32.1. The average molecular weight is 280 g/mol. The molecular formula is C14H20N2O2S. The smallest absolute Gasteiger partial charge is 0.222 e. The van der Waals surface area contributed by atoms with Crippen LogP contribution in [0.3, 0.4) is 0 Å². The van der Waals surface area contributed by atoms with Crippen molar-refractivity contribution < 1.29 is 9.53 Å². The predicted molar refractivity (Wildman–Crippen MR) is 80.1 cm³/mol. The highest BCUT2D eigenvalue weighted by Crippen LogP contribution is 2.13. The number of benzene rings is 1. The summed E-state index contributed by atoms with van der Waals surface area (Å²) in [5.41, 5.74) is 6.55. The van der Waals surface area contributed by atoms with Crippen molar-refractivity contribution in [1.29, 1.82) is 0 Å². The Labute approximate surface area is 119 Å². The molecule has 0 aliphatic rings. The molecule has 2 N–H and O–H groups in total. The van der Waals surface area contributed by atoms with Gasteiger partial charge in [0.1, 0.15) is 5.75 Å². The molecule has 0 bridgehead atoms. The van der Waals surface area contributed by atoms with Gasteiger partial charge < -0.3 is 15.4 Å². The highest BCUT2D eigenvalue weighted by Gasteiger charge is 2.12. The number of amides is 1. The van der Waals surface area contributed by atoms with Crippen LogP contribution in [0.1, 0.15) is 25.3 Å². The van der Waals surface area contributed by atoms with Crippen LogP contribution in [0, 0.1) is 0 Å². The van der Waals surface area contributed by atoms with Gasteiger partial charge in [0.2, 0.25) is 5.91 Å². The number of thiocarbonyl (C=S) groups is 1. The van der Waals surface area contributed by atoms with Crippen molar-refractivity contribution in [1.82, 2.24) is 4.90 Å². The van der Waals surface area contributed by atoms with Crippen LogP contribution in [0.15, 0.2) is 24.3 Å². The molecule has 1 amide bonds. The number of nitrogens with zero attached hydrogens (tertiary/aromatic N) is 1. The van der Waals surface area contributed by atoms with Gasteiger partial charge in [-0.05, 0) is 17.7 Å². The second-order valence-electron chi connectivity index (χ2n) is 4.23. The number of methoxy groups -OCH3 is 1. The van der Waals surface area contributed by atoms with Crippen LogP contribution in [0.2, 0.25) is 0 Å². The maximum absolute atomic E-state index is 11.9. The lowest BCUT2D eigenvalue weighted by atomic mass is 10.2. The van der Waals surface area contributed by atoms with Crippen molar-refractivity contribution in [2.24, 2.45) is 5.73 Å². The van der Waals surface area contributed by atoms with Crippen molar-refractivity contribution in [2.75, 3.05) is 13.7 Å². The number of ether oxygens (including phenoxy) is 1. The molecule has 4 nitrogen and oxygen atoms in total. The molecule has 0 aromatic heterocycles. The van der Waals surface area contributed by atoms with E-state index in [4.69, 9.17) is 22.7 Å². The molecule has 0 fully saturated rings. The zero-order valence-corrected chi connectivity index (χ0v) is 12.2. The third-order valence-corrected chi connectivity index (χ3v) is 3.02. The van der Waals surface area contributed by atoms with E-state index in [2.05, 4.69) is 0 Å². The van der Waals surface area contributed by atoms with Crippen molar-refractivity contribution >= 4 is 23.1 Å². The summed E-state index contributed by atoms with van der Waals surface area (Å²) in [7, 11) is 1.63. The average Bonchev–Trinajstić information content (AvgIpc) is 2.43. The summed E-state index contributed by atoms with van der Waals surface area (Å²) >= 11 is 4.86. The van der Waals surface area contributed by atoms with Gasteiger partial charge in [0.15, 0.2) is 0 Å². The third-order valence-electron chi connectivity index (χ3n) is 2.82. The topological polar surface area (TPSA) is 55.6 Å². The number of hydrogen-bond donors (Lipinski definition) is 1. The summed E-state index contributed by atoms with van der Waals surface area (Å²) in [6.07, 6.45) is 1.03. The van der Waals surface area contributed by atoms with Gasteiger partial charge in [-0.15, -0.1) is 0 Å². The Balaban J connectivity index is 2.69. The van der Waals surface area contributed by atoms with E-state index in [1.807, 2.05) is 31.2 Å². The molecule has 104 valence electrons. The number of nitrogens with two attached hydrogens (primary N) is 1. The fraction of sp³-hybridized carbons (Fsp3) is 0.429. The van der Waals surface area contributed by atoms with E-state index in [0.717, 1.165) is 11.3 Å². The van der Waals surface area contributed by atoms with Gasteiger partial charge in [0.25, 0.3) is 0 Å². The zero-order valence-electron chi connectivity index (χ0n) is 11.4. The summed E-state index contributed by atoms with van der Waals surface area (Å²) in [6, 6.07) is 7.68. The molecule has 1 aromatic carbocycles. The third kappa shape index (κ3) is 5.26. The Morgan fingerprint density at radius 1 is 1.37 bits per heavy atom. The summed E-state index contributed by atoms with van der Waals surface area (Å²) < 4.78 is 5.11. The largest absolute Gasteiger partial charge is 0.497 e. The molecule has 0 saturated heterocycles. The Kier molecular flexibility index (Phi) is 6.29. The highest BCUT2D eigenvalue weighted by molar-refractivity contribution is 7.80. The van der Waals surface area contributed by atoms with Gasteiger partial charge in [-0.3, -0.25) is 4.79 Å². The second kappa shape index (κ2) is 7.74. The number of carbonyl (C=O) groups is 1. The maximum atomic E-state index is 11.9. The molecular weight excluding hydrogens is 260 g/mol. The number of carbonyl (C=O) groups excluding carboxylic acids is 1. The van der Waals surface area contributed by atoms with Crippen LogP contribution in [0.4, 0.5) is 0 Å². The first-order valence-corrected chi connectivity index (χ1v) is 6.66. The van der Waals surface area contributed by atoms with Gasteiger partial charge in [-0.1, -0.05) is 31.3 Å². The van der Waals surface area contributed by atoms with Crippen molar-refractivity contribution in [2.45, 2.75) is 26.3 Å². The standard InChI is InChI=1S/C14H20N2O2S/c1-3-14(17)16(9-8-13(15)19)10-11-4-6-12(18-2)7-5-11/h4-7H,3,8-10H2,1-2H3,(H2,15,19).